The van der Waals surface area contributed by atoms with Crippen LogP contribution in [0, 0.1) is 12.8 Å². The Morgan fingerprint density at radius 3 is 2.88 bits per heavy atom. The molecule has 3 nitrogen and oxygen atoms in total. The Morgan fingerprint density at radius 1 is 1.44 bits per heavy atom. The largest absolute Gasteiger partial charge is 0.240 e. The zero-order chi connectivity index (χ0) is 11.8. The van der Waals surface area contributed by atoms with Crippen molar-refractivity contribution in [2.75, 3.05) is 6.54 Å². The van der Waals surface area contributed by atoms with Gasteiger partial charge in [-0.15, -0.1) is 0 Å². The van der Waals surface area contributed by atoms with E-state index in [0.717, 1.165) is 24.0 Å². The Hall–Kier alpha value is -0.870. The third-order valence-electron chi connectivity index (χ3n) is 3.16. The lowest BCUT2D eigenvalue weighted by Crippen LogP contribution is -2.26. The van der Waals surface area contributed by atoms with E-state index in [1.54, 1.807) is 6.07 Å². The molecule has 1 N–H and O–H groups in total. The van der Waals surface area contributed by atoms with Crippen molar-refractivity contribution in [3.63, 3.8) is 0 Å². The summed E-state index contributed by atoms with van der Waals surface area (Å²) >= 11 is 0. The first-order valence-electron chi connectivity index (χ1n) is 5.62. The second-order valence-electron chi connectivity index (χ2n) is 4.44. The molecular formula is C12H17NO2S. The molecule has 0 fully saturated rings. The zero-order valence-corrected chi connectivity index (χ0v) is 10.5. The molecule has 1 atom stereocenters. The molecule has 0 saturated heterocycles. The number of rotatable bonds is 1. The Morgan fingerprint density at radius 2 is 2.19 bits per heavy atom. The zero-order valence-electron chi connectivity index (χ0n) is 9.66. The van der Waals surface area contributed by atoms with Gasteiger partial charge in [0.1, 0.15) is 0 Å². The minimum Gasteiger partial charge on any atom is -0.211 e. The van der Waals surface area contributed by atoms with Gasteiger partial charge in [-0.1, -0.05) is 25.5 Å². The van der Waals surface area contributed by atoms with Crippen LogP contribution in [0.15, 0.2) is 23.1 Å². The molecule has 0 spiro atoms. The van der Waals surface area contributed by atoms with E-state index in [1.807, 2.05) is 19.1 Å². The van der Waals surface area contributed by atoms with Crippen molar-refractivity contribution < 1.29 is 8.42 Å². The molecule has 1 aromatic rings. The Bertz CT molecular complexity index is 494. The molecule has 0 saturated carbocycles. The van der Waals surface area contributed by atoms with E-state index in [-0.39, 0.29) is 0 Å². The van der Waals surface area contributed by atoms with Crippen LogP contribution >= 0.6 is 0 Å². The number of hydrogen-bond acceptors (Lipinski definition) is 2. The summed E-state index contributed by atoms with van der Waals surface area (Å²) in [5.74, 6) is 0.402. The van der Waals surface area contributed by atoms with E-state index < -0.39 is 10.0 Å². The lowest BCUT2D eigenvalue weighted by atomic mass is 9.96. The van der Waals surface area contributed by atoms with Crippen LogP contribution in [0.1, 0.15) is 24.5 Å². The van der Waals surface area contributed by atoms with Gasteiger partial charge >= 0.3 is 0 Å². The average Bonchev–Trinajstić information content (AvgIpc) is 2.37. The molecule has 16 heavy (non-hydrogen) atoms. The summed E-state index contributed by atoms with van der Waals surface area (Å²) in [6, 6.07) is 5.68. The predicted octanol–water partition coefficient (Wildman–Crippen LogP) is 1.86. The summed E-state index contributed by atoms with van der Waals surface area (Å²) in [5.41, 5.74) is 1.93. The van der Waals surface area contributed by atoms with Crippen LogP contribution in [0.3, 0.4) is 0 Å². The summed E-state index contributed by atoms with van der Waals surface area (Å²) in [6.07, 6.45) is 1.84. The maximum Gasteiger partial charge on any atom is 0.240 e. The number of benzene rings is 1. The molecule has 1 aliphatic heterocycles. The van der Waals surface area contributed by atoms with Crippen molar-refractivity contribution in [2.45, 2.75) is 31.6 Å². The first-order valence-corrected chi connectivity index (χ1v) is 7.10. The Labute approximate surface area is 96.9 Å². The second kappa shape index (κ2) is 4.18. The van der Waals surface area contributed by atoms with Gasteiger partial charge in [-0.2, -0.15) is 0 Å². The summed E-state index contributed by atoms with van der Waals surface area (Å²) in [6.45, 7) is 4.56. The third-order valence-corrected chi connectivity index (χ3v) is 4.67. The fraction of sp³-hybridized carbons (Fsp3) is 0.500. The molecule has 0 bridgehead atoms. The number of fused-ring (bicyclic) bond motifs is 1. The molecule has 0 aromatic heterocycles. The maximum atomic E-state index is 12.0. The molecule has 4 heteroatoms. The van der Waals surface area contributed by atoms with Gasteiger partial charge in [0.2, 0.25) is 10.0 Å². The van der Waals surface area contributed by atoms with E-state index in [1.165, 1.54) is 0 Å². The highest BCUT2D eigenvalue weighted by Crippen LogP contribution is 2.24. The molecule has 0 aliphatic carbocycles. The fourth-order valence-corrected chi connectivity index (χ4v) is 3.51. The van der Waals surface area contributed by atoms with Crippen molar-refractivity contribution in [2.24, 2.45) is 5.92 Å². The molecule has 1 aliphatic rings. The van der Waals surface area contributed by atoms with Crippen molar-refractivity contribution in [1.29, 1.82) is 0 Å². The quantitative estimate of drug-likeness (QED) is 0.813. The molecular weight excluding hydrogens is 222 g/mol. The minimum atomic E-state index is -3.29. The lowest BCUT2D eigenvalue weighted by Gasteiger charge is -2.10. The molecule has 1 heterocycles. The molecule has 0 unspecified atom stereocenters. The molecule has 0 amide bonds. The molecule has 0 radical (unpaired) electrons. The van der Waals surface area contributed by atoms with E-state index in [0.29, 0.717) is 17.4 Å². The summed E-state index contributed by atoms with van der Waals surface area (Å²) in [4.78, 5) is 0.462. The monoisotopic (exact) mass is 239 g/mol. The van der Waals surface area contributed by atoms with Crippen LogP contribution in [0.2, 0.25) is 0 Å². The predicted molar refractivity (Wildman–Crippen MR) is 63.9 cm³/mol. The maximum absolute atomic E-state index is 12.0. The number of sulfonamides is 1. The van der Waals surface area contributed by atoms with Crippen LogP contribution in [0.25, 0.3) is 0 Å². The highest BCUT2D eigenvalue weighted by Gasteiger charge is 2.25. The standard InChI is InChI=1S/C12H17NO2S/c1-3-10-7-11-5-4-9(2)6-12(11)16(14,15)13-8-10/h4-6,10,13H,3,7-8H2,1-2H3/t10-/m0/s1. The SMILES string of the molecule is CC[C@@H]1CNS(=O)(=O)c2cc(C)ccc2C1. The van der Waals surface area contributed by atoms with Crippen molar-refractivity contribution in [3.8, 4) is 0 Å². The summed E-state index contributed by atoms with van der Waals surface area (Å²) in [7, 11) is -3.29. The number of aryl methyl sites for hydroxylation is 1. The third kappa shape index (κ3) is 2.13. The summed E-state index contributed by atoms with van der Waals surface area (Å²) < 4.78 is 26.7. The van der Waals surface area contributed by atoms with Gasteiger partial charge in [-0.25, -0.2) is 13.1 Å². The highest BCUT2D eigenvalue weighted by atomic mass is 32.2. The van der Waals surface area contributed by atoms with Crippen LogP contribution in [0.5, 0.6) is 0 Å². The van der Waals surface area contributed by atoms with Crippen LogP contribution in [-0.4, -0.2) is 15.0 Å². The van der Waals surface area contributed by atoms with Gasteiger partial charge in [0.15, 0.2) is 0 Å². The Kier molecular flexibility index (Phi) is 3.04. The topological polar surface area (TPSA) is 46.2 Å². The summed E-state index contributed by atoms with van der Waals surface area (Å²) in [5, 5.41) is 0. The molecule has 88 valence electrons. The van der Waals surface area contributed by atoms with Crippen LogP contribution < -0.4 is 4.72 Å². The van der Waals surface area contributed by atoms with Gasteiger partial charge in [-0.05, 0) is 36.5 Å². The second-order valence-corrected chi connectivity index (χ2v) is 6.18. The van der Waals surface area contributed by atoms with Gasteiger partial charge in [-0.3, -0.25) is 0 Å². The van der Waals surface area contributed by atoms with Crippen molar-refractivity contribution >= 4 is 10.0 Å². The molecule has 2 rings (SSSR count). The van der Waals surface area contributed by atoms with E-state index in [4.69, 9.17) is 0 Å². The van der Waals surface area contributed by atoms with Gasteiger partial charge in [0.25, 0.3) is 0 Å². The molecule has 1 aromatic carbocycles. The van der Waals surface area contributed by atoms with Gasteiger partial charge in [0.05, 0.1) is 4.90 Å². The number of nitrogens with one attached hydrogen (secondary N) is 1. The van der Waals surface area contributed by atoms with E-state index in [2.05, 4.69) is 11.6 Å². The van der Waals surface area contributed by atoms with Crippen LogP contribution in [-0.2, 0) is 16.4 Å². The average molecular weight is 239 g/mol. The van der Waals surface area contributed by atoms with Gasteiger partial charge < -0.3 is 0 Å². The first-order chi connectivity index (χ1) is 7.53. The first kappa shape index (κ1) is 11.6. The van der Waals surface area contributed by atoms with E-state index in [9.17, 15) is 8.42 Å². The lowest BCUT2D eigenvalue weighted by molar-refractivity contribution is 0.499. The van der Waals surface area contributed by atoms with E-state index >= 15 is 0 Å². The van der Waals surface area contributed by atoms with Crippen molar-refractivity contribution in [3.05, 3.63) is 29.3 Å². The van der Waals surface area contributed by atoms with Crippen LogP contribution in [0.4, 0.5) is 0 Å². The van der Waals surface area contributed by atoms with Gasteiger partial charge in [0, 0.05) is 6.54 Å². The normalized spacial score (nSPS) is 23.5. The smallest absolute Gasteiger partial charge is 0.211 e. The highest BCUT2D eigenvalue weighted by molar-refractivity contribution is 7.89. The minimum absolute atomic E-state index is 0.402. The van der Waals surface area contributed by atoms with Crippen molar-refractivity contribution in [1.82, 2.24) is 4.72 Å². The number of hydrogen-bond donors (Lipinski definition) is 1. The fourth-order valence-electron chi connectivity index (χ4n) is 2.06. The Balaban J connectivity index is 2.54.